The van der Waals surface area contributed by atoms with Crippen molar-refractivity contribution >= 4 is 5.97 Å². The largest absolute Gasteiger partial charge is 0.496 e. The summed E-state index contributed by atoms with van der Waals surface area (Å²) in [5, 5.41) is 20.0. The monoisotopic (exact) mass is 325 g/mol. The van der Waals surface area contributed by atoms with Crippen molar-refractivity contribution in [2.45, 2.75) is 38.8 Å². The fourth-order valence-corrected chi connectivity index (χ4v) is 3.36. The van der Waals surface area contributed by atoms with Gasteiger partial charge in [0.1, 0.15) is 11.6 Å². The molecule has 1 aliphatic heterocycles. The number of methoxy groups -OCH3 is 1. The second-order valence-corrected chi connectivity index (χ2v) is 6.17. The van der Waals surface area contributed by atoms with Crippen LogP contribution in [0.4, 0.5) is 4.39 Å². The summed E-state index contributed by atoms with van der Waals surface area (Å²) in [6.07, 6.45) is 0.674. The number of aliphatic hydroxyl groups is 1. The van der Waals surface area contributed by atoms with E-state index in [2.05, 4.69) is 0 Å². The van der Waals surface area contributed by atoms with Gasteiger partial charge in [-0.15, -0.1) is 0 Å². The predicted octanol–water partition coefficient (Wildman–Crippen LogP) is 2.27. The fraction of sp³-hybridized carbons (Fsp3) is 0.588. The van der Waals surface area contributed by atoms with E-state index in [1.165, 1.54) is 19.2 Å². The minimum absolute atomic E-state index is 0.285. The average Bonchev–Trinajstić information content (AvgIpc) is 2.51. The van der Waals surface area contributed by atoms with Crippen LogP contribution in [0.15, 0.2) is 18.2 Å². The van der Waals surface area contributed by atoms with Crippen LogP contribution in [-0.4, -0.2) is 47.4 Å². The number of aliphatic hydroxyl groups excluding tert-OH is 1. The molecule has 1 aromatic carbocycles. The molecule has 2 N–H and O–H groups in total. The van der Waals surface area contributed by atoms with Gasteiger partial charge < -0.3 is 14.9 Å². The highest BCUT2D eigenvalue weighted by atomic mass is 19.1. The summed E-state index contributed by atoms with van der Waals surface area (Å²) >= 11 is 0. The lowest BCUT2D eigenvalue weighted by Crippen LogP contribution is -2.54. The minimum atomic E-state index is -1.06. The van der Waals surface area contributed by atoms with E-state index in [9.17, 15) is 19.4 Å². The second-order valence-electron chi connectivity index (χ2n) is 6.17. The lowest BCUT2D eigenvalue weighted by atomic mass is 9.73. The third kappa shape index (κ3) is 3.64. The van der Waals surface area contributed by atoms with Crippen LogP contribution >= 0.6 is 0 Å². The molecule has 0 radical (unpaired) electrons. The maximum absolute atomic E-state index is 13.3. The number of β-amino-alcohol motifs (C(OH)–C–C–N with tert-alkyl or cyclic N) is 1. The zero-order chi connectivity index (χ0) is 17.0. The van der Waals surface area contributed by atoms with E-state index in [1.807, 2.05) is 11.8 Å². The highest BCUT2D eigenvalue weighted by Crippen LogP contribution is 2.37. The highest BCUT2D eigenvalue weighted by molar-refractivity contribution is 5.75. The van der Waals surface area contributed by atoms with Crippen LogP contribution in [0.5, 0.6) is 5.75 Å². The number of hydrogen-bond donors (Lipinski definition) is 2. The second kappa shape index (κ2) is 7.27. The number of carbonyl (C=O) groups is 1. The molecule has 0 aromatic heterocycles. The van der Waals surface area contributed by atoms with E-state index in [1.54, 1.807) is 6.07 Å². The number of rotatable bonds is 6. The van der Waals surface area contributed by atoms with E-state index < -0.39 is 17.5 Å². The van der Waals surface area contributed by atoms with Gasteiger partial charge in [-0.25, -0.2) is 4.39 Å². The van der Waals surface area contributed by atoms with Crippen LogP contribution in [0.25, 0.3) is 0 Å². The quantitative estimate of drug-likeness (QED) is 0.840. The average molecular weight is 325 g/mol. The Morgan fingerprint density at radius 3 is 2.83 bits per heavy atom. The van der Waals surface area contributed by atoms with Gasteiger partial charge in [-0.1, -0.05) is 19.4 Å². The van der Waals surface area contributed by atoms with Crippen molar-refractivity contribution in [1.29, 1.82) is 0 Å². The standard InChI is InChI=1S/C17H24FNO4/c1-3-6-17(16(21)22)7-8-19(11-15(17)20)10-12-4-5-13(18)9-14(12)23-2/h4-5,9,15,20H,3,6-8,10-11H2,1-2H3,(H,21,22)/t15-,17+/m1/s1. The zero-order valence-electron chi connectivity index (χ0n) is 13.6. The third-order valence-corrected chi connectivity index (χ3v) is 4.71. The van der Waals surface area contributed by atoms with Crippen LogP contribution in [0.3, 0.4) is 0 Å². The summed E-state index contributed by atoms with van der Waals surface area (Å²) in [5.74, 6) is -0.828. The Morgan fingerprint density at radius 2 is 2.26 bits per heavy atom. The topological polar surface area (TPSA) is 70.0 Å². The van der Waals surface area contributed by atoms with Crippen LogP contribution in [0, 0.1) is 11.2 Å². The molecule has 0 bridgehead atoms. The molecule has 0 unspecified atom stereocenters. The number of ether oxygens (including phenoxy) is 1. The summed E-state index contributed by atoms with van der Waals surface area (Å²) < 4.78 is 18.4. The molecule has 23 heavy (non-hydrogen) atoms. The van der Waals surface area contributed by atoms with Crippen molar-refractivity contribution < 1.29 is 24.1 Å². The molecular weight excluding hydrogens is 301 g/mol. The summed E-state index contributed by atoms with van der Waals surface area (Å²) in [6.45, 7) is 3.27. The number of likely N-dealkylation sites (tertiary alicyclic amines) is 1. The number of halogens is 1. The normalized spacial score (nSPS) is 25.3. The molecule has 0 amide bonds. The van der Waals surface area contributed by atoms with Gasteiger partial charge in [0, 0.05) is 24.7 Å². The molecule has 0 aliphatic carbocycles. The Hall–Kier alpha value is -1.66. The van der Waals surface area contributed by atoms with Crippen molar-refractivity contribution in [3.63, 3.8) is 0 Å². The molecule has 5 nitrogen and oxygen atoms in total. The number of benzene rings is 1. The minimum Gasteiger partial charge on any atom is -0.496 e. The SMILES string of the molecule is CCC[C@]1(C(=O)O)CCN(Cc2ccc(F)cc2OC)C[C@H]1O. The van der Waals surface area contributed by atoms with Gasteiger partial charge >= 0.3 is 5.97 Å². The van der Waals surface area contributed by atoms with Gasteiger partial charge in [0.05, 0.1) is 18.6 Å². The smallest absolute Gasteiger partial charge is 0.312 e. The molecule has 1 saturated heterocycles. The van der Waals surface area contributed by atoms with E-state index in [0.717, 1.165) is 12.0 Å². The molecule has 2 rings (SSSR count). The molecule has 1 fully saturated rings. The highest BCUT2D eigenvalue weighted by Gasteiger charge is 2.47. The number of hydrogen-bond acceptors (Lipinski definition) is 4. The molecule has 1 heterocycles. The molecule has 0 spiro atoms. The van der Waals surface area contributed by atoms with Crippen molar-refractivity contribution in [3.05, 3.63) is 29.6 Å². The number of carboxylic acid groups (broad SMARTS) is 1. The van der Waals surface area contributed by atoms with Gasteiger partial charge in [-0.2, -0.15) is 0 Å². The fourth-order valence-electron chi connectivity index (χ4n) is 3.36. The molecule has 0 saturated carbocycles. The zero-order valence-corrected chi connectivity index (χ0v) is 13.6. The molecule has 1 aromatic rings. The molecule has 1 aliphatic rings. The van der Waals surface area contributed by atoms with E-state index in [4.69, 9.17) is 4.74 Å². The third-order valence-electron chi connectivity index (χ3n) is 4.71. The number of carboxylic acids is 1. The first-order valence-corrected chi connectivity index (χ1v) is 7.89. The number of piperidine rings is 1. The van der Waals surface area contributed by atoms with E-state index in [-0.39, 0.29) is 12.4 Å². The summed E-state index contributed by atoms with van der Waals surface area (Å²) in [5.41, 5.74) is -0.239. The first-order chi connectivity index (χ1) is 10.9. The molecular formula is C17H24FNO4. The first kappa shape index (κ1) is 17.7. The summed E-state index contributed by atoms with van der Waals surface area (Å²) in [6, 6.07) is 4.36. The lowest BCUT2D eigenvalue weighted by Gasteiger charge is -2.42. The van der Waals surface area contributed by atoms with Gasteiger partial charge in [0.15, 0.2) is 0 Å². The Bertz CT molecular complexity index is 566. The van der Waals surface area contributed by atoms with Gasteiger partial charge in [0.2, 0.25) is 0 Å². The summed E-state index contributed by atoms with van der Waals surface area (Å²) in [4.78, 5) is 13.6. The van der Waals surface area contributed by atoms with Crippen LogP contribution in [-0.2, 0) is 11.3 Å². The van der Waals surface area contributed by atoms with E-state index in [0.29, 0.717) is 31.7 Å². The number of nitrogens with zero attached hydrogens (tertiary/aromatic N) is 1. The van der Waals surface area contributed by atoms with Crippen LogP contribution in [0.2, 0.25) is 0 Å². The van der Waals surface area contributed by atoms with Crippen LogP contribution < -0.4 is 4.74 Å². The molecule has 6 heteroatoms. The van der Waals surface area contributed by atoms with Crippen molar-refractivity contribution in [1.82, 2.24) is 4.90 Å². The summed E-state index contributed by atoms with van der Waals surface area (Å²) in [7, 11) is 1.49. The van der Waals surface area contributed by atoms with E-state index >= 15 is 0 Å². The van der Waals surface area contributed by atoms with Gasteiger partial charge in [-0.3, -0.25) is 9.69 Å². The van der Waals surface area contributed by atoms with Crippen molar-refractivity contribution in [2.24, 2.45) is 5.41 Å². The maximum atomic E-state index is 13.3. The first-order valence-electron chi connectivity index (χ1n) is 7.89. The maximum Gasteiger partial charge on any atom is 0.312 e. The Labute approximate surface area is 135 Å². The van der Waals surface area contributed by atoms with Gasteiger partial charge in [-0.05, 0) is 25.5 Å². The van der Waals surface area contributed by atoms with Crippen LogP contribution in [0.1, 0.15) is 31.7 Å². The van der Waals surface area contributed by atoms with Crippen molar-refractivity contribution in [2.75, 3.05) is 20.2 Å². The molecule has 2 atom stereocenters. The van der Waals surface area contributed by atoms with Crippen molar-refractivity contribution in [3.8, 4) is 5.75 Å². The Morgan fingerprint density at radius 1 is 1.52 bits per heavy atom. The van der Waals surface area contributed by atoms with Gasteiger partial charge in [0.25, 0.3) is 0 Å². The number of aliphatic carboxylic acids is 1. The molecule has 128 valence electrons. The predicted molar refractivity (Wildman–Crippen MR) is 83.8 cm³/mol. The Kier molecular flexibility index (Phi) is 5.59. The Balaban J connectivity index is 2.10. The lowest BCUT2D eigenvalue weighted by molar-refractivity contribution is -0.164.